The average molecular weight is 382 g/mol. The fourth-order valence-corrected chi connectivity index (χ4v) is 3.85. The van der Waals surface area contributed by atoms with Crippen molar-refractivity contribution in [1.82, 2.24) is 20.0 Å². The molecule has 8 nitrogen and oxygen atoms in total. The Balaban J connectivity index is 1.53. The summed E-state index contributed by atoms with van der Waals surface area (Å²) in [7, 11) is 3.55. The van der Waals surface area contributed by atoms with Gasteiger partial charge in [0, 0.05) is 65.9 Å². The number of hydrogen-bond acceptors (Lipinski definition) is 5. The first-order chi connectivity index (χ1) is 13.1. The molecule has 8 heteroatoms. The summed E-state index contributed by atoms with van der Waals surface area (Å²) in [5, 5.41) is 3.51. The van der Waals surface area contributed by atoms with Crippen LogP contribution in [0.25, 0.3) is 0 Å². The Morgan fingerprint density at radius 3 is 2.63 bits per heavy atom. The average Bonchev–Trinajstić information content (AvgIpc) is 3.34. The first-order valence-electron chi connectivity index (χ1n) is 10.2. The van der Waals surface area contributed by atoms with Gasteiger partial charge < -0.3 is 24.6 Å². The smallest absolute Gasteiger partial charge is 0.243 e. The largest absolute Gasteiger partial charge is 0.381 e. The highest BCUT2D eigenvalue weighted by Gasteiger charge is 2.28. The normalized spacial score (nSPS) is 27.2. The van der Waals surface area contributed by atoms with Crippen LogP contribution in [-0.4, -0.2) is 113 Å². The summed E-state index contributed by atoms with van der Waals surface area (Å²) in [6.07, 6.45) is 2.27. The highest BCUT2D eigenvalue weighted by atomic mass is 16.5. The van der Waals surface area contributed by atoms with Gasteiger partial charge >= 0.3 is 0 Å². The summed E-state index contributed by atoms with van der Waals surface area (Å²) in [6.45, 7) is 9.62. The van der Waals surface area contributed by atoms with Gasteiger partial charge in [0.2, 0.25) is 5.91 Å². The molecular weight excluding hydrogens is 346 g/mol. The van der Waals surface area contributed by atoms with Crippen molar-refractivity contribution < 1.29 is 14.3 Å². The molecule has 0 aromatic carbocycles. The first-order valence-corrected chi connectivity index (χ1v) is 10.2. The minimum atomic E-state index is 0.0302. The summed E-state index contributed by atoms with van der Waals surface area (Å²) in [4.78, 5) is 23.0. The number of carbonyl (C=O) groups excluding carboxylic acids is 1. The van der Waals surface area contributed by atoms with Crippen LogP contribution in [0.4, 0.5) is 0 Å². The molecule has 3 heterocycles. The quantitative estimate of drug-likeness (QED) is 0.504. The molecule has 3 saturated heterocycles. The van der Waals surface area contributed by atoms with Crippen molar-refractivity contribution >= 4 is 11.9 Å². The zero-order chi connectivity index (χ0) is 19.1. The summed E-state index contributed by atoms with van der Waals surface area (Å²) < 4.78 is 10.9. The van der Waals surface area contributed by atoms with Crippen molar-refractivity contribution in [1.29, 1.82) is 0 Å². The second kappa shape index (κ2) is 10.2. The Morgan fingerprint density at radius 1 is 1.11 bits per heavy atom. The third-order valence-electron chi connectivity index (χ3n) is 5.64. The molecule has 27 heavy (non-hydrogen) atoms. The molecule has 0 radical (unpaired) electrons. The lowest BCUT2D eigenvalue weighted by atomic mass is 10.1. The molecule has 3 aliphatic heterocycles. The predicted octanol–water partition coefficient (Wildman–Crippen LogP) is -0.289. The maximum Gasteiger partial charge on any atom is 0.243 e. The zero-order valence-corrected chi connectivity index (χ0v) is 16.9. The minimum Gasteiger partial charge on any atom is -0.381 e. The van der Waals surface area contributed by atoms with Crippen molar-refractivity contribution in [3.63, 3.8) is 0 Å². The number of morpholine rings is 1. The highest BCUT2D eigenvalue weighted by Crippen LogP contribution is 2.19. The van der Waals surface area contributed by atoms with Gasteiger partial charge in [-0.25, -0.2) is 4.99 Å². The molecule has 1 amide bonds. The van der Waals surface area contributed by atoms with E-state index >= 15 is 0 Å². The number of rotatable bonds is 6. The van der Waals surface area contributed by atoms with Gasteiger partial charge in [-0.15, -0.1) is 0 Å². The highest BCUT2D eigenvalue weighted by molar-refractivity contribution is 5.85. The van der Waals surface area contributed by atoms with Crippen molar-refractivity contribution in [3.05, 3.63) is 0 Å². The van der Waals surface area contributed by atoms with Crippen molar-refractivity contribution in [2.24, 2.45) is 16.8 Å². The van der Waals surface area contributed by atoms with Crippen LogP contribution in [-0.2, 0) is 14.3 Å². The number of ether oxygens (including phenoxy) is 2. The van der Waals surface area contributed by atoms with Crippen LogP contribution in [0.2, 0.25) is 0 Å². The number of nitrogens with one attached hydrogen (secondary N) is 1. The molecule has 0 aliphatic carbocycles. The van der Waals surface area contributed by atoms with E-state index in [9.17, 15) is 4.79 Å². The zero-order valence-electron chi connectivity index (χ0n) is 16.9. The molecule has 2 atom stereocenters. The SMILES string of the molecule is CN(C)C(=O)CN=C(NCC1CCOC1)N1CCC(CN2CCOCC2)C1. The maximum atomic E-state index is 12.0. The van der Waals surface area contributed by atoms with E-state index in [1.165, 1.54) is 6.42 Å². The standard InChI is InChI=1S/C19H35N5O3/c1-22(2)18(25)12-21-19(20-11-16-4-8-27-15-16)24-5-3-17(14-24)13-23-6-9-26-10-7-23/h16-17H,3-15H2,1-2H3,(H,20,21). The predicted molar refractivity (Wildman–Crippen MR) is 105 cm³/mol. The van der Waals surface area contributed by atoms with E-state index in [4.69, 9.17) is 9.47 Å². The summed E-state index contributed by atoms with van der Waals surface area (Å²) in [5.41, 5.74) is 0. The van der Waals surface area contributed by atoms with Gasteiger partial charge in [0.25, 0.3) is 0 Å². The van der Waals surface area contributed by atoms with Crippen LogP contribution in [0.1, 0.15) is 12.8 Å². The minimum absolute atomic E-state index is 0.0302. The van der Waals surface area contributed by atoms with Crippen LogP contribution in [0, 0.1) is 11.8 Å². The molecule has 0 aromatic heterocycles. The Kier molecular flexibility index (Phi) is 7.72. The number of carbonyl (C=O) groups is 1. The number of hydrogen-bond donors (Lipinski definition) is 1. The van der Waals surface area contributed by atoms with Crippen LogP contribution in [0.5, 0.6) is 0 Å². The van der Waals surface area contributed by atoms with Crippen LogP contribution in [0.15, 0.2) is 4.99 Å². The number of likely N-dealkylation sites (N-methyl/N-ethyl adjacent to an activating group) is 1. The van der Waals surface area contributed by atoms with E-state index < -0.39 is 0 Å². The number of likely N-dealkylation sites (tertiary alicyclic amines) is 1. The maximum absolute atomic E-state index is 12.0. The van der Waals surface area contributed by atoms with E-state index in [-0.39, 0.29) is 12.5 Å². The topological polar surface area (TPSA) is 69.6 Å². The summed E-state index contributed by atoms with van der Waals surface area (Å²) >= 11 is 0. The third kappa shape index (κ3) is 6.33. The Labute approximate surface area is 162 Å². The van der Waals surface area contributed by atoms with E-state index in [2.05, 4.69) is 20.1 Å². The lowest BCUT2D eigenvalue weighted by molar-refractivity contribution is -0.127. The fourth-order valence-electron chi connectivity index (χ4n) is 3.85. The number of guanidine groups is 1. The van der Waals surface area contributed by atoms with Gasteiger partial charge in [0.05, 0.1) is 19.8 Å². The first kappa shape index (κ1) is 20.4. The molecule has 3 fully saturated rings. The van der Waals surface area contributed by atoms with Gasteiger partial charge in [0.1, 0.15) is 6.54 Å². The van der Waals surface area contributed by atoms with E-state index in [1.54, 1.807) is 19.0 Å². The van der Waals surface area contributed by atoms with Gasteiger partial charge in [-0.1, -0.05) is 0 Å². The van der Waals surface area contributed by atoms with Gasteiger partial charge in [-0.05, 0) is 18.8 Å². The van der Waals surface area contributed by atoms with E-state index in [0.29, 0.717) is 11.8 Å². The number of nitrogens with zero attached hydrogens (tertiary/aromatic N) is 4. The fraction of sp³-hybridized carbons (Fsp3) is 0.895. The van der Waals surface area contributed by atoms with Gasteiger partial charge in [0.15, 0.2) is 5.96 Å². The third-order valence-corrected chi connectivity index (χ3v) is 5.64. The van der Waals surface area contributed by atoms with Crippen LogP contribution >= 0.6 is 0 Å². The lowest BCUT2D eigenvalue weighted by Gasteiger charge is -2.29. The summed E-state index contributed by atoms with van der Waals surface area (Å²) in [6, 6.07) is 0. The molecule has 2 unspecified atom stereocenters. The Bertz CT molecular complexity index is 502. The Hall–Kier alpha value is -1.38. The molecule has 3 aliphatic rings. The van der Waals surface area contributed by atoms with Gasteiger partial charge in [-0.3, -0.25) is 9.69 Å². The Morgan fingerprint density at radius 2 is 1.93 bits per heavy atom. The molecule has 0 saturated carbocycles. The molecule has 3 rings (SSSR count). The van der Waals surface area contributed by atoms with Crippen LogP contribution in [0.3, 0.4) is 0 Å². The van der Waals surface area contributed by atoms with Gasteiger partial charge in [-0.2, -0.15) is 0 Å². The molecule has 0 aromatic rings. The van der Waals surface area contributed by atoms with Crippen molar-refractivity contribution in [2.75, 3.05) is 86.3 Å². The van der Waals surface area contributed by atoms with Crippen molar-refractivity contribution in [3.8, 4) is 0 Å². The molecule has 154 valence electrons. The second-order valence-electron chi connectivity index (χ2n) is 8.05. The van der Waals surface area contributed by atoms with E-state index in [0.717, 1.165) is 78.1 Å². The molecule has 0 spiro atoms. The molecular formula is C19H35N5O3. The number of amides is 1. The van der Waals surface area contributed by atoms with Crippen LogP contribution < -0.4 is 5.32 Å². The molecule has 1 N–H and O–H groups in total. The van der Waals surface area contributed by atoms with Crippen molar-refractivity contribution in [2.45, 2.75) is 12.8 Å². The number of aliphatic imine (C=N–C) groups is 1. The second-order valence-corrected chi connectivity index (χ2v) is 8.05. The lowest BCUT2D eigenvalue weighted by Crippen LogP contribution is -2.44. The van der Waals surface area contributed by atoms with E-state index in [1.807, 2.05) is 0 Å². The monoisotopic (exact) mass is 381 g/mol. The summed E-state index contributed by atoms with van der Waals surface area (Å²) in [5.74, 6) is 2.09. The molecule has 0 bridgehead atoms.